The smallest absolute Gasteiger partial charge is 0.369 e. The molecule has 0 saturated carbocycles. The number of benzene rings is 2. The van der Waals surface area contributed by atoms with E-state index in [2.05, 4.69) is 9.98 Å². The predicted molar refractivity (Wildman–Crippen MR) is 155 cm³/mol. The van der Waals surface area contributed by atoms with Gasteiger partial charge in [-0.25, -0.2) is 48.6 Å². The van der Waals surface area contributed by atoms with Crippen LogP contribution in [-0.2, 0) is 41.5 Å². The quantitative estimate of drug-likeness (QED) is 0.148. The highest BCUT2D eigenvalue weighted by molar-refractivity contribution is 7.90. The van der Waals surface area contributed by atoms with Crippen LogP contribution < -0.4 is 11.5 Å². The van der Waals surface area contributed by atoms with Crippen LogP contribution in [0.2, 0.25) is 0 Å². The van der Waals surface area contributed by atoms with E-state index in [4.69, 9.17) is 29.0 Å². The minimum absolute atomic E-state index is 0.00600. The number of halogens is 4. The molecule has 0 amide bonds. The van der Waals surface area contributed by atoms with Crippen LogP contribution in [0.4, 0.5) is 23.2 Å². The van der Waals surface area contributed by atoms with E-state index in [-0.39, 0.29) is 17.5 Å². The van der Waals surface area contributed by atoms with E-state index in [1.807, 2.05) is 0 Å². The molecule has 2 aromatic carbocycles. The topological polar surface area (TPSA) is 269 Å². The number of hydrogen-bond acceptors (Lipinski definition) is 12. The fourth-order valence-electron chi connectivity index (χ4n) is 4.19. The first-order valence-corrected chi connectivity index (χ1v) is 16.7. The lowest BCUT2D eigenvalue weighted by molar-refractivity contribution is -0.387. The zero-order chi connectivity index (χ0) is 35.8. The van der Waals surface area contributed by atoms with Gasteiger partial charge in [0.15, 0.2) is 0 Å². The van der Waals surface area contributed by atoms with Crippen LogP contribution in [0.1, 0.15) is 25.0 Å². The van der Waals surface area contributed by atoms with Crippen molar-refractivity contribution >= 4 is 48.1 Å². The van der Waals surface area contributed by atoms with Crippen LogP contribution in [0.5, 0.6) is 0 Å². The Morgan fingerprint density at radius 2 is 1.22 bits per heavy atom. The van der Waals surface area contributed by atoms with Crippen LogP contribution in [0.25, 0.3) is 0 Å². The zero-order valence-corrected chi connectivity index (χ0v) is 26.5. The second kappa shape index (κ2) is 12.9. The molecule has 2 aromatic rings. The molecule has 4 rings (SSSR count). The molecule has 17 nitrogen and oxygen atoms in total. The summed E-state index contributed by atoms with van der Waals surface area (Å²) in [7, 11) is -9.77. The fourth-order valence-corrected chi connectivity index (χ4v) is 7.09. The number of nitro groups is 1. The molecule has 2 aliphatic heterocycles. The van der Waals surface area contributed by atoms with Crippen LogP contribution in [-0.4, -0.2) is 85.4 Å². The highest BCUT2D eigenvalue weighted by atomic mass is 32.3. The van der Waals surface area contributed by atoms with Gasteiger partial charge in [-0.2, -0.15) is 12.8 Å². The van der Waals surface area contributed by atoms with E-state index in [0.717, 1.165) is 14.7 Å². The second-order valence-corrected chi connectivity index (χ2v) is 14.9. The Hall–Kier alpha value is -4.13. The van der Waals surface area contributed by atoms with Gasteiger partial charge in [0.05, 0.1) is 16.4 Å². The molecule has 24 heteroatoms. The summed E-state index contributed by atoms with van der Waals surface area (Å²) >= 11 is 0. The highest BCUT2D eigenvalue weighted by Crippen LogP contribution is 2.36. The summed E-state index contributed by atoms with van der Waals surface area (Å²) in [6, 6.07) is 3.90. The van der Waals surface area contributed by atoms with E-state index in [0.29, 0.717) is 18.2 Å². The zero-order valence-electron chi connectivity index (χ0n) is 24.1. The number of nitro benzene ring substituents is 1. The van der Waals surface area contributed by atoms with Gasteiger partial charge in [-0.05, 0) is 19.9 Å². The van der Waals surface area contributed by atoms with Crippen molar-refractivity contribution in [1.82, 2.24) is 8.61 Å². The van der Waals surface area contributed by atoms with Crippen molar-refractivity contribution in [2.75, 3.05) is 25.6 Å². The van der Waals surface area contributed by atoms with Crippen LogP contribution in [0, 0.1) is 33.4 Å². The maximum Gasteiger partial charge on any atom is 0.394 e. The first-order chi connectivity index (χ1) is 20.6. The Morgan fingerprint density at radius 1 is 0.826 bits per heavy atom. The lowest BCUT2D eigenvalue weighted by Crippen LogP contribution is -2.50. The van der Waals surface area contributed by atoms with Gasteiger partial charge < -0.3 is 11.5 Å². The molecular weight excluding hydrogens is 694 g/mol. The van der Waals surface area contributed by atoms with Crippen molar-refractivity contribution < 1.29 is 56.8 Å². The molecule has 2 atom stereocenters. The molecule has 0 bridgehead atoms. The number of rotatable bonds is 3. The molecule has 0 unspecified atom stereocenters. The van der Waals surface area contributed by atoms with E-state index in [1.165, 1.54) is 34.0 Å². The Bertz CT molecular complexity index is 1940. The van der Waals surface area contributed by atoms with Gasteiger partial charge in [-0.3, -0.25) is 19.2 Å². The standard InChI is InChI=1S/C11H12F2N4O4S.C11H13F2N3O2S.H2O4S/c1-11(5-22(20,21)16(2)10(14)15-11)6-3-9(17(18)19)8(13)4-7(6)12;1-11(8-4-3-7(12)5-9(8)13)6-19(17,18)16(2)10(14)15-11;1-5(2,3)4/h3-4H,5H2,1-2H3,(H2,14,15);3-5H,6H2,1-2H3,(H2,14,15);(H2,1,2,3,4)/t2*11-;/m00./s1. The van der Waals surface area contributed by atoms with E-state index in [9.17, 15) is 44.5 Å². The molecule has 0 aliphatic carbocycles. The third-order valence-electron chi connectivity index (χ3n) is 6.45. The van der Waals surface area contributed by atoms with Gasteiger partial charge in [0.2, 0.25) is 37.8 Å². The maximum absolute atomic E-state index is 14.0. The Kier molecular flexibility index (Phi) is 10.7. The largest absolute Gasteiger partial charge is 0.394 e. The molecule has 256 valence electrons. The van der Waals surface area contributed by atoms with E-state index < -0.39 is 92.5 Å². The van der Waals surface area contributed by atoms with Gasteiger partial charge in [-0.15, -0.1) is 0 Å². The summed E-state index contributed by atoms with van der Waals surface area (Å²) in [6.45, 7) is 2.70. The normalized spacial score (nSPS) is 23.5. The average molecular weight is 722 g/mol. The Labute approximate surface area is 260 Å². The van der Waals surface area contributed by atoms with Crippen molar-refractivity contribution in [1.29, 1.82) is 0 Å². The van der Waals surface area contributed by atoms with Crippen molar-refractivity contribution in [2.24, 2.45) is 21.5 Å². The minimum atomic E-state index is -4.67. The Morgan fingerprint density at radius 3 is 1.59 bits per heavy atom. The maximum atomic E-state index is 14.0. The molecular formula is C22H27F4N7O10S3. The first-order valence-electron chi connectivity index (χ1n) is 12.1. The first kappa shape index (κ1) is 38.1. The fraction of sp³-hybridized carbons (Fsp3) is 0.364. The van der Waals surface area contributed by atoms with Crippen molar-refractivity contribution in [3.8, 4) is 0 Å². The number of nitrogens with zero attached hydrogens (tertiary/aromatic N) is 5. The number of aliphatic imine (C=N–C) groups is 2. The average Bonchev–Trinajstić information content (AvgIpc) is 2.84. The van der Waals surface area contributed by atoms with Gasteiger partial charge in [0.25, 0.3) is 0 Å². The lowest BCUT2D eigenvalue weighted by atomic mass is 9.93. The summed E-state index contributed by atoms with van der Waals surface area (Å²) < 4.78 is 135. The summed E-state index contributed by atoms with van der Waals surface area (Å²) in [5.41, 5.74) is 6.60. The van der Waals surface area contributed by atoms with Gasteiger partial charge in [0, 0.05) is 43.4 Å². The third kappa shape index (κ3) is 8.77. The molecule has 0 radical (unpaired) electrons. The summed E-state index contributed by atoms with van der Waals surface area (Å²) in [5.74, 6) is -5.78. The number of nitrogens with two attached hydrogens (primary N) is 2. The molecule has 0 fully saturated rings. The SMILES string of the molecule is CN1C(N)=N[C@](C)(c2cc([N+](=O)[O-])c(F)cc2F)CS1(=O)=O.CN1C(N)=N[C@](C)(c2ccc(F)cc2F)CS1(=O)=O.O=S(=O)(O)O. The molecule has 0 saturated heterocycles. The molecule has 0 spiro atoms. The van der Waals surface area contributed by atoms with Crippen LogP contribution in [0.3, 0.4) is 0 Å². The summed E-state index contributed by atoms with van der Waals surface area (Å²) in [6.07, 6.45) is 0. The van der Waals surface area contributed by atoms with Crippen molar-refractivity contribution in [2.45, 2.75) is 24.9 Å². The Balaban J connectivity index is 0.000000281. The summed E-state index contributed by atoms with van der Waals surface area (Å²) in [4.78, 5) is 17.7. The third-order valence-corrected chi connectivity index (χ3v) is 10.4. The highest BCUT2D eigenvalue weighted by Gasteiger charge is 2.43. The van der Waals surface area contributed by atoms with Gasteiger partial charge in [-0.1, -0.05) is 6.07 Å². The van der Waals surface area contributed by atoms with E-state index in [1.54, 1.807) is 0 Å². The number of guanidine groups is 2. The van der Waals surface area contributed by atoms with Gasteiger partial charge >= 0.3 is 16.1 Å². The van der Waals surface area contributed by atoms with Gasteiger partial charge in [0.1, 0.15) is 28.5 Å². The second-order valence-electron chi connectivity index (χ2n) is 10.0. The van der Waals surface area contributed by atoms with Crippen molar-refractivity contribution in [3.05, 3.63) is 74.8 Å². The lowest BCUT2D eigenvalue weighted by Gasteiger charge is -2.34. The van der Waals surface area contributed by atoms with Crippen molar-refractivity contribution in [3.63, 3.8) is 0 Å². The minimum Gasteiger partial charge on any atom is -0.369 e. The summed E-state index contributed by atoms with van der Waals surface area (Å²) in [5, 5.41) is 10.8. The molecule has 2 aliphatic rings. The molecule has 0 aromatic heterocycles. The number of sulfonamides is 2. The van der Waals surface area contributed by atoms with E-state index >= 15 is 0 Å². The van der Waals surface area contributed by atoms with Crippen LogP contribution in [0.15, 0.2) is 40.3 Å². The molecule has 46 heavy (non-hydrogen) atoms. The monoisotopic (exact) mass is 721 g/mol. The predicted octanol–water partition coefficient (Wildman–Crippen LogP) is 0.795. The number of hydrogen-bond donors (Lipinski definition) is 4. The van der Waals surface area contributed by atoms with Crippen LogP contribution >= 0.6 is 0 Å². The molecule has 6 N–H and O–H groups in total. The molecule has 2 heterocycles.